The topological polar surface area (TPSA) is 72.2 Å². The van der Waals surface area contributed by atoms with Crippen LogP contribution < -0.4 is 5.32 Å². The molecule has 2 aromatic carbocycles. The molecule has 7 heteroatoms. The van der Waals surface area contributed by atoms with Gasteiger partial charge in [-0.2, -0.15) is 0 Å². The number of nitrogens with zero attached hydrogens (tertiary/aromatic N) is 4. The molecule has 0 saturated heterocycles. The molecule has 0 unspecified atom stereocenters. The second-order valence-electron chi connectivity index (χ2n) is 6.98. The molecule has 6 nitrogen and oxygen atoms in total. The van der Waals surface area contributed by atoms with Crippen molar-refractivity contribution in [2.24, 2.45) is 0 Å². The summed E-state index contributed by atoms with van der Waals surface area (Å²) in [4.78, 5) is 18.5. The zero-order valence-electron chi connectivity index (χ0n) is 16.6. The van der Waals surface area contributed by atoms with Crippen molar-refractivity contribution in [3.05, 3.63) is 95.8 Å². The predicted molar refractivity (Wildman–Crippen MR) is 122 cm³/mol. The molecule has 152 valence electrons. The average molecular weight is 426 g/mol. The molecule has 5 rings (SSSR count). The number of hydrogen-bond donors (Lipinski definition) is 1. The summed E-state index contributed by atoms with van der Waals surface area (Å²) in [6.07, 6.45) is 2.51. The molecule has 5 aromatic rings. The largest absolute Gasteiger partial charge is 0.351 e. The van der Waals surface area contributed by atoms with E-state index in [1.807, 2.05) is 89.5 Å². The first-order valence-electron chi connectivity index (χ1n) is 9.98. The third-order valence-electron chi connectivity index (χ3n) is 4.92. The highest BCUT2D eigenvalue weighted by atomic mass is 32.1. The van der Waals surface area contributed by atoms with Crippen molar-refractivity contribution < 1.29 is 4.79 Å². The predicted octanol–water partition coefficient (Wildman–Crippen LogP) is 4.49. The molecular weight excluding hydrogens is 406 g/mol. The van der Waals surface area contributed by atoms with Crippen LogP contribution in [0.2, 0.25) is 0 Å². The van der Waals surface area contributed by atoms with Crippen LogP contribution in [-0.4, -0.2) is 32.0 Å². The minimum atomic E-state index is -0.132. The smallest absolute Gasteiger partial charge is 0.263 e. The van der Waals surface area contributed by atoms with Gasteiger partial charge in [0.2, 0.25) is 0 Å². The molecule has 0 aliphatic rings. The number of benzene rings is 2. The van der Waals surface area contributed by atoms with E-state index in [4.69, 9.17) is 4.98 Å². The summed E-state index contributed by atoms with van der Waals surface area (Å²) in [5.41, 5.74) is 3.42. The number of pyridine rings is 1. The van der Waals surface area contributed by atoms with Gasteiger partial charge < -0.3 is 5.32 Å². The molecule has 31 heavy (non-hydrogen) atoms. The second-order valence-corrected chi connectivity index (χ2v) is 7.98. The molecule has 0 atom stereocenters. The highest BCUT2D eigenvalue weighted by Gasteiger charge is 2.20. The summed E-state index contributed by atoms with van der Waals surface area (Å²) in [5, 5.41) is 12.2. The number of amides is 1. The Morgan fingerprint density at radius 2 is 1.58 bits per heavy atom. The molecule has 3 heterocycles. The average Bonchev–Trinajstić information content (AvgIpc) is 3.45. The molecule has 0 bridgehead atoms. The highest BCUT2D eigenvalue weighted by molar-refractivity contribution is 7.17. The Bertz CT molecular complexity index is 1330. The highest BCUT2D eigenvalue weighted by Crippen LogP contribution is 2.33. The van der Waals surface area contributed by atoms with Crippen LogP contribution >= 0.6 is 11.3 Å². The monoisotopic (exact) mass is 425 g/mol. The first kappa shape index (κ1) is 19.1. The Labute approximate surface area is 183 Å². The van der Waals surface area contributed by atoms with Crippen LogP contribution in [0, 0.1) is 0 Å². The van der Waals surface area contributed by atoms with E-state index in [2.05, 4.69) is 15.5 Å². The zero-order chi connectivity index (χ0) is 21.0. The Kier molecular flexibility index (Phi) is 5.24. The van der Waals surface area contributed by atoms with E-state index < -0.39 is 0 Å². The molecule has 1 N–H and O–H groups in total. The Morgan fingerprint density at radius 1 is 0.871 bits per heavy atom. The van der Waals surface area contributed by atoms with Crippen molar-refractivity contribution in [2.75, 3.05) is 6.54 Å². The Morgan fingerprint density at radius 3 is 2.35 bits per heavy atom. The summed E-state index contributed by atoms with van der Waals surface area (Å²) in [6.45, 7) is 0.460. The van der Waals surface area contributed by atoms with Crippen LogP contribution in [0.25, 0.3) is 27.5 Å². The van der Waals surface area contributed by atoms with Crippen molar-refractivity contribution >= 4 is 22.9 Å². The van der Waals surface area contributed by atoms with Gasteiger partial charge in [-0.1, -0.05) is 66.7 Å². The fourth-order valence-corrected chi connectivity index (χ4v) is 4.41. The van der Waals surface area contributed by atoms with Gasteiger partial charge in [-0.3, -0.25) is 9.20 Å². The van der Waals surface area contributed by atoms with Crippen molar-refractivity contribution in [3.63, 3.8) is 0 Å². The van der Waals surface area contributed by atoms with Gasteiger partial charge in [0.1, 0.15) is 15.7 Å². The molecule has 0 aliphatic heterocycles. The van der Waals surface area contributed by atoms with Crippen LogP contribution in [0.15, 0.2) is 85.1 Å². The SMILES string of the molecule is O=C(NCCc1nnc2ccccn12)c1sc(-c2ccccc2)nc1-c1ccccc1. The van der Waals surface area contributed by atoms with Gasteiger partial charge in [-0.05, 0) is 12.1 Å². The van der Waals surface area contributed by atoms with E-state index in [-0.39, 0.29) is 5.91 Å². The summed E-state index contributed by atoms with van der Waals surface area (Å²) < 4.78 is 1.93. The second kappa shape index (κ2) is 8.49. The quantitative estimate of drug-likeness (QED) is 0.435. The minimum absolute atomic E-state index is 0.132. The maximum absolute atomic E-state index is 13.1. The first-order valence-corrected chi connectivity index (χ1v) is 10.8. The fourth-order valence-electron chi connectivity index (χ4n) is 3.40. The van der Waals surface area contributed by atoms with Gasteiger partial charge in [-0.25, -0.2) is 4.98 Å². The number of nitrogens with one attached hydrogen (secondary N) is 1. The lowest BCUT2D eigenvalue weighted by Gasteiger charge is -2.05. The third kappa shape index (κ3) is 3.95. The molecule has 0 spiro atoms. The number of thiazole rings is 1. The van der Waals surface area contributed by atoms with Crippen LogP contribution in [0.3, 0.4) is 0 Å². The Hall–Kier alpha value is -3.84. The van der Waals surface area contributed by atoms with Gasteiger partial charge in [-0.15, -0.1) is 21.5 Å². The lowest BCUT2D eigenvalue weighted by molar-refractivity contribution is 0.0958. The number of aromatic nitrogens is 4. The fraction of sp³-hybridized carbons (Fsp3) is 0.0833. The lowest BCUT2D eigenvalue weighted by Crippen LogP contribution is -2.26. The molecule has 0 fully saturated rings. The number of fused-ring (bicyclic) bond motifs is 1. The van der Waals surface area contributed by atoms with Crippen molar-refractivity contribution in [3.8, 4) is 21.8 Å². The maximum Gasteiger partial charge on any atom is 0.263 e. The lowest BCUT2D eigenvalue weighted by atomic mass is 10.1. The van der Waals surface area contributed by atoms with Crippen molar-refractivity contribution in [1.29, 1.82) is 0 Å². The molecular formula is C24H19N5OS. The van der Waals surface area contributed by atoms with E-state index >= 15 is 0 Å². The van der Waals surface area contributed by atoms with E-state index in [0.29, 0.717) is 23.5 Å². The van der Waals surface area contributed by atoms with Gasteiger partial charge in [0, 0.05) is 30.3 Å². The summed E-state index contributed by atoms with van der Waals surface area (Å²) in [7, 11) is 0. The number of rotatable bonds is 6. The van der Waals surface area contributed by atoms with Gasteiger partial charge >= 0.3 is 0 Å². The van der Waals surface area contributed by atoms with Crippen LogP contribution in [-0.2, 0) is 6.42 Å². The normalized spacial score (nSPS) is 11.0. The summed E-state index contributed by atoms with van der Waals surface area (Å²) >= 11 is 1.41. The number of carbonyl (C=O) groups excluding carboxylic acids is 1. The molecule has 0 saturated carbocycles. The van der Waals surface area contributed by atoms with Crippen molar-refractivity contribution in [2.45, 2.75) is 6.42 Å². The van der Waals surface area contributed by atoms with Gasteiger partial charge in [0.25, 0.3) is 5.91 Å². The third-order valence-corrected chi connectivity index (χ3v) is 6.02. The van der Waals surface area contributed by atoms with E-state index in [0.717, 1.165) is 27.6 Å². The van der Waals surface area contributed by atoms with E-state index in [9.17, 15) is 4.79 Å². The Balaban J connectivity index is 1.39. The molecule has 3 aromatic heterocycles. The number of hydrogen-bond acceptors (Lipinski definition) is 5. The van der Waals surface area contributed by atoms with Crippen LogP contribution in [0.1, 0.15) is 15.5 Å². The van der Waals surface area contributed by atoms with Crippen LogP contribution in [0.4, 0.5) is 0 Å². The van der Waals surface area contributed by atoms with E-state index in [1.54, 1.807) is 0 Å². The van der Waals surface area contributed by atoms with E-state index in [1.165, 1.54) is 11.3 Å². The molecule has 1 amide bonds. The minimum Gasteiger partial charge on any atom is -0.351 e. The molecule has 0 radical (unpaired) electrons. The van der Waals surface area contributed by atoms with Crippen molar-refractivity contribution in [1.82, 2.24) is 24.9 Å². The first-order chi connectivity index (χ1) is 15.3. The van der Waals surface area contributed by atoms with Gasteiger partial charge in [0.05, 0.1) is 5.69 Å². The summed E-state index contributed by atoms with van der Waals surface area (Å²) in [6, 6.07) is 25.5. The van der Waals surface area contributed by atoms with Gasteiger partial charge in [0.15, 0.2) is 5.65 Å². The molecule has 0 aliphatic carbocycles. The number of carbonyl (C=O) groups is 1. The zero-order valence-corrected chi connectivity index (χ0v) is 17.4. The summed E-state index contributed by atoms with van der Waals surface area (Å²) in [5.74, 6) is 0.681. The van der Waals surface area contributed by atoms with Crippen LogP contribution in [0.5, 0.6) is 0 Å². The maximum atomic E-state index is 13.1. The standard InChI is InChI=1S/C24H19N5OS/c30-23(25-15-14-20-28-27-19-13-7-8-16-29(19)20)22-21(17-9-3-1-4-10-17)26-24(31-22)18-11-5-2-6-12-18/h1-13,16H,14-15H2,(H,25,30).